The van der Waals surface area contributed by atoms with Crippen LogP contribution < -0.4 is 10.1 Å². The van der Waals surface area contributed by atoms with E-state index in [0.29, 0.717) is 23.7 Å². The molecule has 3 heterocycles. The Morgan fingerprint density at radius 2 is 2.25 bits per heavy atom. The lowest BCUT2D eigenvalue weighted by atomic mass is 9.91. The highest BCUT2D eigenvalue weighted by atomic mass is 32.1. The van der Waals surface area contributed by atoms with Gasteiger partial charge in [-0.3, -0.25) is 4.98 Å². The molecule has 1 aliphatic rings. The molecule has 0 radical (unpaired) electrons. The number of carbonyl (C=O) groups is 1. The number of benzene rings is 1. The highest BCUT2D eigenvalue weighted by Gasteiger charge is 2.23. The molecule has 1 atom stereocenters. The maximum Gasteiger partial charge on any atom is 0.337 e. The molecule has 4 rings (SSSR count). The molecule has 7 heteroatoms. The lowest BCUT2D eigenvalue weighted by Gasteiger charge is -2.27. The molecule has 0 unspecified atom stereocenters. The van der Waals surface area contributed by atoms with Gasteiger partial charge in [-0.1, -0.05) is 12.1 Å². The Labute approximate surface area is 166 Å². The molecule has 0 saturated carbocycles. The second-order valence-corrected chi connectivity index (χ2v) is 7.42. The van der Waals surface area contributed by atoms with Crippen molar-refractivity contribution in [3.05, 3.63) is 64.1 Å². The first-order valence-corrected chi connectivity index (χ1v) is 9.70. The van der Waals surface area contributed by atoms with E-state index in [1.165, 1.54) is 29.8 Å². The van der Waals surface area contributed by atoms with Crippen molar-refractivity contribution in [2.24, 2.45) is 0 Å². The van der Waals surface area contributed by atoms with Gasteiger partial charge in [-0.2, -0.15) is 5.26 Å². The molecule has 2 N–H and O–H groups in total. The zero-order valence-corrected chi connectivity index (χ0v) is 15.7. The van der Waals surface area contributed by atoms with E-state index in [-0.39, 0.29) is 11.5 Å². The summed E-state index contributed by atoms with van der Waals surface area (Å²) in [6.45, 7) is 1.20. The zero-order chi connectivity index (χ0) is 19.5. The smallest absolute Gasteiger partial charge is 0.337 e. The largest absolute Gasteiger partial charge is 0.493 e. The predicted molar refractivity (Wildman–Crippen MR) is 107 cm³/mol. The van der Waals surface area contributed by atoms with Gasteiger partial charge in [0.2, 0.25) is 0 Å². The van der Waals surface area contributed by atoms with Crippen LogP contribution in [-0.4, -0.2) is 29.2 Å². The van der Waals surface area contributed by atoms with Crippen molar-refractivity contribution in [1.29, 1.82) is 5.26 Å². The molecule has 0 spiro atoms. The number of aromatic nitrogens is 1. The standard InChI is InChI=1S/C21H17N3O3S/c22-9-16-7-15(12-28-16)13-1-2-17-14(4-6-27-20(17)8-13)10-24-19-11-23-5-3-18(19)21(25)26/h1-3,5,7-8,11-12,14,24H,4,6,10H2,(H,25,26)/t14-/m1/s1. The molecule has 0 amide bonds. The Kier molecular flexibility index (Phi) is 4.96. The fourth-order valence-corrected chi connectivity index (χ4v) is 4.06. The Hall–Kier alpha value is -3.37. The van der Waals surface area contributed by atoms with Crippen LogP contribution in [0.5, 0.6) is 5.75 Å². The highest BCUT2D eigenvalue weighted by molar-refractivity contribution is 7.10. The van der Waals surface area contributed by atoms with Crippen molar-refractivity contribution < 1.29 is 14.6 Å². The summed E-state index contributed by atoms with van der Waals surface area (Å²) < 4.78 is 5.87. The first kappa shape index (κ1) is 18.0. The van der Waals surface area contributed by atoms with Crippen LogP contribution in [0.15, 0.2) is 48.1 Å². The Balaban J connectivity index is 1.55. The number of anilines is 1. The summed E-state index contributed by atoms with van der Waals surface area (Å²) in [5.41, 5.74) is 3.85. The molecule has 3 aromatic rings. The lowest BCUT2D eigenvalue weighted by Crippen LogP contribution is -2.21. The molecule has 28 heavy (non-hydrogen) atoms. The van der Waals surface area contributed by atoms with Crippen molar-refractivity contribution in [1.82, 2.24) is 4.98 Å². The van der Waals surface area contributed by atoms with Gasteiger partial charge in [0.15, 0.2) is 0 Å². The normalized spacial score (nSPS) is 15.2. The first-order valence-electron chi connectivity index (χ1n) is 8.82. The van der Waals surface area contributed by atoms with E-state index in [1.54, 1.807) is 0 Å². The monoisotopic (exact) mass is 391 g/mol. The molecule has 0 saturated heterocycles. The zero-order valence-electron chi connectivity index (χ0n) is 14.9. The van der Waals surface area contributed by atoms with Crippen LogP contribution in [0.2, 0.25) is 0 Å². The van der Waals surface area contributed by atoms with E-state index in [2.05, 4.69) is 22.4 Å². The number of carboxylic acids is 1. The molecule has 0 bridgehead atoms. The average molecular weight is 391 g/mol. The third kappa shape index (κ3) is 3.55. The second kappa shape index (κ2) is 7.71. The maximum absolute atomic E-state index is 11.4. The quantitative estimate of drug-likeness (QED) is 0.671. The first-order chi connectivity index (χ1) is 13.7. The number of ether oxygens (including phenoxy) is 1. The number of thiophene rings is 1. The van der Waals surface area contributed by atoms with Crippen LogP contribution in [0, 0.1) is 11.3 Å². The van der Waals surface area contributed by atoms with Gasteiger partial charge >= 0.3 is 5.97 Å². The summed E-state index contributed by atoms with van der Waals surface area (Å²) in [5.74, 6) is 0.0659. The molecule has 1 aromatic carbocycles. The third-order valence-corrected chi connectivity index (χ3v) is 5.65. The predicted octanol–water partition coefficient (Wildman–Crippen LogP) is 4.36. The molecule has 2 aromatic heterocycles. The van der Waals surface area contributed by atoms with Crippen LogP contribution in [0.4, 0.5) is 5.69 Å². The number of pyridine rings is 1. The number of nitrogens with zero attached hydrogens (tertiary/aromatic N) is 2. The lowest BCUT2D eigenvalue weighted by molar-refractivity contribution is 0.0697. The Bertz CT molecular complexity index is 1070. The van der Waals surface area contributed by atoms with Gasteiger partial charge in [-0.05, 0) is 46.7 Å². The minimum absolute atomic E-state index is 0.205. The van der Waals surface area contributed by atoms with Crippen LogP contribution in [0.1, 0.15) is 33.1 Å². The number of fused-ring (bicyclic) bond motifs is 1. The molecular formula is C21H17N3O3S. The van der Waals surface area contributed by atoms with E-state index in [4.69, 9.17) is 10.00 Å². The SMILES string of the molecule is N#Cc1cc(-c2ccc3c(c2)OCC[C@@H]3CNc2cnccc2C(=O)O)cs1. The molecule has 0 fully saturated rings. The van der Waals surface area contributed by atoms with Gasteiger partial charge in [0, 0.05) is 18.7 Å². The number of carboxylic acid groups (broad SMARTS) is 1. The Morgan fingerprint density at radius 3 is 3.04 bits per heavy atom. The fraction of sp³-hybridized carbons (Fsp3) is 0.190. The average Bonchev–Trinajstić information content (AvgIpc) is 3.21. The van der Waals surface area contributed by atoms with Crippen molar-refractivity contribution >= 4 is 23.0 Å². The summed E-state index contributed by atoms with van der Waals surface area (Å²) in [6, 6.07) is 11.6. The van der Waals surface area contributed by atoms with Gasteiger partial charge in [-0.15, -0.1) is 11.3 Å². The number of nitrogens with one attached hydrogen (secondary N) is 1. The Morgan fingerprint density at radius 1 is 1.36 bits per heavy atom. The number of hydrogen-bond donors (Lipinski definition) is 2. The van der Waals surface area contributed by atoms with E-state index >= 15 is 0 Å². The van der Waals surface area contributed by atoms with Gasteiger partial charge < -0.3 is 15.2 Å². The topological polar surface area (TPSA) is 95.2 Å². The van der Waals surface area contributed by atoms with Crippen molar-refractivity contribution in [3.8, 4) is 22.9 Å². The van der Waals surface area contributed by atoms with Crippen LogP contribution in [0.3, 0.4) is 0 Å². The van der Waals surface area contributed by atoms with Gasteiger partial charge in [-0.25, -0.2) is 4.79 Å². The van der Waals surface area contributed by atoms with Crippen LogP contribution in [0.25, 0.3) is 11.1 Å². The van der Waals surface area contributed by atoms with Crippen molar-refractivity contribution in [3.63, 3.8) is 0 Å². The number of rotatable bonds is 5. The number of aromatic carboxylic acids is 1. The second-order valence-electron chi connectivity index (χ2n) is 6.51. The van der Waals surface area contributed by atoms with Crippen LogP contribution >= 0.6 is 11.3 Å². The molecule has 140 valence electrons. The van der Waals surface area contributed by atoms with Gasteiger partial charge in [0.1, 0.15) is 16.7 Å². The van der Waals surface area contributed by atoms with E-state index in [1.807, 2.05) is 23.6 Å². The van der Waals surface area contributed by atoms with E-state index < -0.39 is 5.97 Å². The summed E-state index contributed by atoms with van der Waals surface area (Å²) in [5, 5.41) is 23.5. The van der Waals surface area contributed by atoms with Gasteiger partial charge in [0.25, 0.3) is 0 Å². The van der Waals surface area contributed by atoms with Crippen molar-refractivity contribution in [2.75, 3.05) is 18.5 Å². The number of hydrogen-bond acceptors (Lipinski definition) is 6. The number of nitriles is 1. The summed E-state index contributed by atoms with van der Waals surface area (Å²) >= 11 is 1.43. The summed E-state index contributed by atoms with van der Waals surface area (Å²) in [6.07, 6.45) is 3.86. The molecule has 1 aliphatic heterocycles. The molecular weight excluding hydrogens is 374 g/mol. The fourth-order valence-electron chi connectivity index (χ4n) is 3.36. The van der Waals surface area contributed by atoms with E-state index in [0.717, 1.165) is 28.9 Å². The van der Waals surface area contributed by atoms with Crippen LogP contribution in [-0.2, 0) is 0 Å². The van der Waals surface area contributed by atoms with Crippen molar-refractivity contribution in [2.45, 2.75) is 12.3 Å². The molecule has 0 aliphatic carbocycles. The van der Waals surface area contributed by atoms with E-state index in [9.17, 15) is 9.90 Å². The maximum atomic E-state index is 11.4. The molecule has 6 nitrogen and oxygen atoms in total. The third-order valence-electron chi connectivity index (χ3n) is 4.81. The minimum Gasteiger partial charge on any atom is -0.493 e. The summed E-state index contributed by atoms with van der Waals surface area (Å²) in [7, 11) is 0. The highest BCUT2D eigenvalue weighted by Crippen LogP contribution is 2.37. The summed E-state index contributed by atoms with van der Waals surface area (Å²) in [4.78, 5) is 16.1. The minimum atomic E-state index is -0.977. The van der Waals surface area contributed by atoms with Gasteiger partial charge in [0.05, 0.1) is 24.1 Å².